The van der Waals surface area contributed by atoms with Gasteiger partial charge in [0.05, 0.1) is 0 Å². The molecule has 1 nitrogen and oxygen atoms in total. The van der Waals surface area contributed by atoms with Crippen LogP contribution in [0.5, 0.6) is 0 Å². The lowest BCUT2D eigenvalue weighted by atomic mass is 9.84. The summed E-state index contributed by atoms with van der Waals surface area (Å²) >= 11 is 0. The lowest BCUT2D eigenvalue weighted by molar-refractivity contribution is 0.670. The molecule has 0 bridgehead atoms. The van der Waals surface area contributed by atoms with Gasteiger partial charge in [-0.2, -0.15) is 0 Å². The quantitative estimate of drug-likeness (QED) is 0.209. The molecule has 7 aromatic carbocycles. The van der Waals surface area contributed by atoms with Gasteiger partial charge in [0, 0.05) is 22.3 Å². The molecule has 0 radical (unpaired) electrons. The van der Waals surface area contributed by atoms with Gasteiger partial charge in [-0.15, -0.1) is 0 Å². The fraction of sp³-hybridized carbons (Fsp3) is 0.0500. The van der Waals surface area contributed by atoms with Crippen molar-refractivity contribution in [3.63, 3.8) is 0 Å². The molecular weight excluding hydrogens is 496 g/mol. The number of para-hydroxylation sites is 2. The molecule has 0 aliphatic heterocycles. The van der Waals surface area contributed by atoms with Crippen molar-refractivity contribution < 1.29 is 4.42 Å². The summed E-state index contributed by atoms with van der Waals surface area (Å²) in [6.45, 7) is 2.32. The third kappa shape index (κ3) is 3.85. The fourth-order valence-electron chi connectivity index (χ4n) is 6.50. The summed E-state index contributed by atoms with van der Waals surface area (Å²) in [6, 6.07) is 52.5. The average Bonchev–Trinajstić information content (AvgIpc) is 3.43. The van der Waals surface area contributed by atoms with E-state index in [1.165, 1.54) is 49.4 Å². The summed E-state index contributed by atoms with van der Waals surface area (Å²) in [4.78, 5) is 0. The van der Waals surface area contributed by atoms with Crippen molar-refractivity contribution >= 4 is 43.5 Å². The van der Waals surface area contributed by atoms with Gasteiger partial charge in [0.15, 0.2) is 0 Å². The Morgan fingerprint density at radius 3 is 1.95 bits per heavy atom. The summed E-state index contributed by atoms with van der Waals surface area (Å²) in [6.07, 6.45) is 0. The average molecular weight is 525 g/mol. The maximum Gasteiger partial charge on any atom is 0.143 e. The zero-order chi connectivity index (χ0) is 27.3. The molecule has 1 unspecified atom stereocenters. The minimum atomic E-state index is 0.229. The molecule has 0 N–H and O–H groups in total. The zero-order valence-corrected chi connectivity index (χ0v) is 22.8. The molecule has 0 aliphatic rings. The summed E-state index contributed by atoms with van der Waals surface area (Å²) in [5.74, 6) is 0.229. The van der Waals surface area contributed by atoms with Gasteiger partial charge in [-0.05, 0) is 61.5 Å². The van der Waals surface area contributed by atoms with Crippen LogP contribution in [0.25, 0.3) is 65.7 Å². The first-order valence-corrected chi connectivity index (χ1v) is 14.3. The van der Waals surface area contributed by atoms with Crippen molar-refractivity contribution in [2.24, 2.45) is 0 Å². The van der Waals surface area contributed by atoms with Crippen LogP contribution in [-0.2, 0) is 0 Å². The second kappa shape index (κ2) is 9.50. The molecule has 0 saturated carbocycles. The van der Waals surface area contributed by atoms with E-state index in [9.17, 15) is 0 Å². The highest BCUT2D eigenvalue weighted by atomic mass is 16.3. The Morgan fingerprint density at radius 1 is 0.463 bits per heavy atom. The van der Waals surface area contributed by atoms with E-state index in [-0.39, 0.29) is 5.92 Å². The number of benzene rings is 7. The van der Waals surface area contributed by atoms with E-state index >= 15 is 0 Å². The van der Waals surface area contributed by atoms with Crippen LogP contribution in [0.1, 0.15) is 24.0 Å². The highest BCUT2D eigenvalue weighted by molar-refractivity contribution is 6.14. The number of fused-ring (bicyclic) bond motifs is 6. The van der Waals surface area contributed by atoms with E-state index in [1.54, 1.807) is 0 Å². The third-order valence-corrected chi connectivity index (χ3v) is 8.61. The van der Waals surface area contributed by atoms with Crippen molar-refractivity contribution in [1.29, 1.82) is 0 Å². The summed E-state index contributed by atoms with van der Waals surface area (Å²) in [5.41, 5.74) is 9.37. The highest BCUT2D eigenvalue weighted by Crippen LogP contribution is 2.40. The SMILES string of the molecule is CC(c1ccc(-c2cccc3c2oc2ccccc23)cc1)c1ccccc1-c1cc2ccccc2c2ccccc12. The van der Waals surface area contributed by atoms with Gasteiger partial charge in [0.2, 0.25) is 0 Å². The van der Waals surface area contributed by atoms with Crippen LogP contribution in [-0.4, -0.2) is 0 Å². The molecule has 0 saturated heterocycles. The lowest BCUT2D eigenvalue weighted by Crippen LogP contribution is -1.99. The minimum Gasteiger partial charge on any atom is -0.455 e. The van der Waals surface area contributed by atoms with Crippen LogP contribution in [0.4, 0.5) is 0 Å². The van der Waals surface area contributed by atoms with E-state index in [1.807, 2.05) is 12.1 Å². The summed E-state index contributed by atoms with van der Waals surface area (Å²) < 4.78 is 6.32. The minimum absolute atomic E-state index is 0.229. The number of rotatable bonds is 4. The monoisotopic (exact) mass is 524 g/mol. The van der Waals surface area contributed by atoms with Crippen molar-refractivity contribution in [2.45, 2.75) is 12.8 Å². The van der Waals surface area contributed by atoms with Gasteiger partial charge in [-0.1, -0.05) is 140 Å². The molecule has 0 spiro atoms. The predicted octanol–water partition coefficient (Wildman–Crippen LogP) is 11.4. The van der Waals surface area contributed by atoms with Crippen molar-refractivity contribution in [3.05, 3.63) is 157 Å². The van der Waals surface area contributed by atoms with E-state index in [0.717, 1.165) is 27.5 Å². The van der Waals surface area contributed by atoms with Crippen molar-refractivity contribution in [2.75, 3.05) is 0 Å². The predicted molar refractivity (Wildman–Crippen MR) is 174 cm³/mol. The molecule has 1 heteroatoms. The molecule has 8 aromatic rings. The van der Waals surface area contributed by atoms with Gasteiger partial charge in [-0.3, -0.25) is 0 Å². The van der Waals surface area contributed by atoms with E-state index in [0.29, 0.717) is 0 Å². The van der Waals surface area contributed by atoms with Gasteiger partial charge < -0.3 is 4.42 Å². The molecular formula is C40H28O. The topological polar surface area (TPSA) is 13.1 Å². The maximum absolute atomic E-state index is 6.32. The highest BCUT2D eigenvalue weighted by Gasteiger charge is 2.17. The molecule has 194 valence electrons. The van der Waals surface area contributed by atoms with Crippen LogP contribution < -0.4 is 0 Å². The normalized spacial score (nSPS) is 12.4. The van der Waals surface area contributed by atoms with Gasteiger partial charge in [0.25, 0.3) is 0 Å². The molecule has 0 amide bonds. The smallest absolute Gasteiger partial charge is 0.143 e. The van der Waals surface area contributed by atoms with Crippen LogP contribution >= 0.6 is 0 Å². The Morgan fingerprint density at radius 2 is 1.10 bits per heavy atom. The van der Waals surface area contributed by atoms with Crippen LogP contribution in [0.2, 0.25) is 0 Å². The lowest BCUT2D eigenvalue weighted by Gasteiger charge is -2.19. The van der Waals surface area contributed by atoms with Gasteiger partial charge in [0.1, 0.15) is 11.2 Å². The van der Waals surface area contributed by atoms with E-state index in [4.69, 9.17) is 4.42 Å². The second-order valence-electron chi connectivity index (χ2n) is 10.9. The number of furan rings is 1. The van der Waals surface area contributed by atoms with Gasteiger partial charge in [-0.25, -0.2) is 0 Å². The first-order valence-electron chi connectivity index (χ1n) is 14.3. The first-order chi connectivity index (χ1) is 20.3. The molecule has 8 rings (SSSR count). The molecule has 0 fully saturated rings. The number of hydrogen-bond acceptors (Lipinski definition) is 1. The molecule has 1 atom stereocenters. The Kier molecular flexibility index (Phi) is 5.50. The largest absolute Gasteiger partial charge is 0.455 e. The molecule has 1 heterocycles. The van der Waals surface area contributed by atoms with Crippen molar-refractivity contribution in [3.8, 4) is 22.3 Å². The second-order valence-corrected chi connectivity index (χ2v) is 10.9. The van der Waals surface area contributed by atoms with E-state index < -0.39 is 0 Å². The Labute approximate surface area is 239 Å². The van der Waals surface area contributed by atoms with Crippen molar-refractivity contribution in [1.82, 2.24) is 0 Å². The Balaban J connectivity index is 1.22. The fourth-order valence-corrected chi connectivity index (χ4v) is 6.50. The molecule has 1 aromatic heterocycles. The summed E-state index contributed by atoms with van der Waals surface area (Å²) in [7, 11) is 0. The van der Waals surface area contributed by atoms with Gasteiger partial charge >= 0.3 is 0 Å². The Hall–Kier alpha value is -5.14. The Bertz CT molecular complexity index is 2220. The van der Waals surface area contributed by atoms with Crippen LogP contribution in [0, 0.1) is 0 Å². The number of hydrogen-bond donors (Lipinski definition) is 0. The standard InChI is InChI=1S/C40H28O/c1-26(27-21-23-28(24-22-27)32-18-10-19-37-36-17-8-9-20-39(36)41-40(32)37)30-12-4-5-14-33(30)38-25-29-11-2-3-13-31(29)34-15-6-7-16-35(34)38/h2-26H,1H3. The maximum atomic E-state index is 6.32. The third-order valence-electron chi connectivity index (χ3n) is 8.61. The van der Waals surface area contributed by atoms with Crippen LogP contribution in [0.3, 0.4) is 0 Å². The molecule has 0 aliphatic carbocycles. The van der Waals surface area contributed by atoms with Crippen LogP contribution in [0.15, 0.2) is 150 Å². The first kappa shape index (κ1) is 23.7. The van der Waals surface area contributed by atoms with E-state index in [2.05, 4.69) is 140 Å². The summed E-state index contributed by atoms with van der Waals surface area (Å²) in [5, 5.41) is 7.48. The molecule has 41 heavy (non-hydrogen) atoms. The zero-order valence-electron chi connectivity index (χ0n) is 22.8.